The molecule has 0 aliphatic carbocycles. The van der Waals surface area contributed by atoms with E-state index in [2.05, 4.69) is 5.32 Å². The summed E-state index contributed by atoms with van der Waals surface area (Å²) in [5.41, 5.74) is 7.96. The number of anilines is 2. The highest BCUT2D eigenvalue weighted by Crippen LogP contribution is 2.25. The average molecular weight is 462 g/mol. The number of nitrogens with zero attached hydrogens (tertiary/aromatic N) is 1. The Morgan fingerprint density at radius 2 is 1.81 bits per heavy atom. The molecule has 1 fully saturated rings. The molecule has 0 spiro atoms. The number of amides is 1. The number of carbonyl (C=O) groups is 2. The Labute approximate surface area is 187 Å². The van der Waals surface area contributed by atoms with Crippen molar-refractivity contribution in [3.8, 4) is 0 Å². The summed E-state index contributed by atoms with van der Waals surface area (Å²) < 4.78 is 37.9. The molecule has 0 aromatic heterocycles. The number of morpholine rings is 1. The summed E-state index contributed by atoms with van der Waals surface area (Å²) in [5.74, 6) is -1.31. The molecule has 32 heavy (non-hydrogen) atoms. The van der Waals surface area contributed by atoms with Gasteiger partial charge in [0, 0.05) is 24.5 Å². The number of sulfonamides is 1. The maximum atomic E-state index is 13.0. The van der Waals surface area contributed by atoms with Crippen LogP contribution in [0.1, 0.15) is 28.4 Å². The van der Waals surface area contributed by atoms with Gasteiger partial charge >= 0.3 is 5.97 Å². The summed E-state index contributed by atoms with van der Waals surface area (Å²) >= 11 is 0. The second-order valence-electron chi connectivity index (χ2n) is 7.57. The molecule has 1 aliphatic heterocycles. The third kappa shape index (κ3) is 5.09. The van der Waals surface area contributed by atoms with Gasteiger partial charge in [-0.25, -0.2) is 13.2 Å². The predicted octanol–water partition coefficient (Wildman–Crippen LogP) is 2.09. The molecule has 1 heterocycles. The summed E-state index contributed by atoms with van der Waals surface area (Å²) in [6, 6.07) is 9.59. The molecule has 2 aromatic rings. The third-order valence-corrected chi connectivity index (χ3v) is 7.28. The molecule has 1 amide bonds. The van der Waals surface area contributed by atoms with E-state index >= 15 is 0 Å². The number of aryl methyl sites for hydroxylation is 2. The van der Waals surface area contributed by atoms with E-state index < -0.39 is 28.0 Å². The second-order valence-corrected chi connectivity index (χ2v) is 9.48. The lowest BCUT2D eigenvalue weighted by atomic mass is 10.1. The fraction of sp³-hybridized carbons (Fsp3) is 0.364. The van der Waals surface area contributed by atoms with E-state index in [1.165, 1.54) is 23.4 Å². The molecule has 172 valence electrons. The number of ether oxygens (including phenoxy) is 2. The van der Waals surface area contributed by atoms with E-state index in [0.717, 1.165) is 5.56 Å². The van der Waals surface area contributed by atoms with Crippen LogP contribution in [0.4, 0.5) is 11.4 Å². The first-order valence-electron chi connectivity index (χ1n) is 10.2. The van der Waals surface area contributed by atoms with E-state index in [-0.39, 0.29) is 29.2 Å². The predicted molar refractivity (Wildman–Crippen MR) is 120 cm³/mol. The molecule has 3 rings (SSSR count). The fourth-order valence-corrected chi connectivity index (χ4v) is 4.92. The first-order chi connectivity index (χ1) is 15.1. The van der Waals surface area contributed by atoms with Gasteiger partial charge in [0.1, 0.15) is 0 Å². The van der Waals surface area contributed by atoms with Crippen LogP contribution in [-0.2, 0) is 24.3 Å². The Bertz CT molecular complexity index is 1130. The van der Waals surface area contributed by atoms with E-state index in [4.69, 9.17) is 15.2 Å². The molecular weight excluding hydrogens is 434 g/mol. The van der Waals surface area contributed by atoms with E-state index in [1.54, 1.807) is 38.1 Å². The summed E-state index contributed by atoms with van der Waals surface area (Å²) in [5, 5.41) is 2.61. The molecule has 1 aliphatic rings. The average Bonchev–Trinajstić information content (AvgIpc) is 2.77. The van der Waals surface area contributed by atoms with Crippen molar-refractivity contribution in [2.24, 2.45) is 0 Å². The number of rotatable bonds is 6. The van der Waals surface area contributed by atoms with Crippen molar-refractivity contribution in [1.29, 1.82) is 0 Å². The van der Waals surface area contributed by atoms with Gasteiger partial charge in [0.15, 0.2) is 6.10 Å². The minimum atomic E-state index is -3.73. The Hall–Kier alpha value is -2.95. The van der Waals surface area contributed by atoms with Crippen LogP contribution >= 0.6 is 0 Å². The monoisotopic (exact) mass is 461 g/mol. The summed E-state index contributed by atoms with van der Waals surface area (Å²) in [6.07, 6.45) is -1.12. The van der Waals surface area contributed by atoms with Crippen molar-refractivity contribution < 1.29 is 27.5 Å². The second kappa shape index (κ2) is 9.68. The third-order valence-electron chi connectivity index (χ3n) is 5.24. The lowest BCUT2D eigenvalue weighted by Gasteiger charge is -2.27. The number of hydrogen-bond donors (Lipinski definition) is 2. The number of hydrogen-bond acceptors (Lipinski definition) is 7. The topological polar surface area (TPSA) is 128 Å². The molecule has 1 unspecified atom stereocenters. The zero-order valence-corrected chi connectivity index (χ0v) is 19.1. The van der Waals surface area contributed by atoms with E-state index in [9.17, 15) is 18.0 Å². The van der Waals surface area contributed by atoms with Gasteiger partial charge in [-0.1, -0.05) is 18.2 Å². The number of nitrogens with two attached hydrogens (primary N) is 1. The van der Waals surface area contributed by atoms with Crippen LogP contribution in [0, 0.1) is 13.8 Å². The van der Waals surface area contributed by atoms with Crippen LogP contribution in [0.3, 0.4) is 0 Å². The highest BCUT2D eigenvalue weighted by Gasteiger charge is 2.28. The van der Waals surface area contributed by atoms with Crippen LogP contribution in [-0.4, -0.2) is 57.0 Å². The van der Waals surface area contributed by atoms with Crippen LogP contribution < -0.4 is 11.1 Å². The number of para-hydroxylation sites is 1. The molecule has 0 radical (unpaired) electrons. The number of nitrogen functional groups attached to an aromatic ring is 1. The smallest absolute Gasteiger partial charge is 0.341 e. The van der Waals surface area contributed by atoms with Gasteiger partial charge in [-0.3, -0.25) is 4.79 Å². The fourth-order valence-electron chi connectivity index (χ4n) is 3.26. The molecule has 1 atom stereocenters. The minimum Gasteiger partial charge on any atom is -0.449 e. The van der Waals surface area contributed by atoms with Crippen LogP contribution in [0.15, 0.2) is 41.3 Å². The number of carbonyl (C=O) groups excluding carboxylic acids is 2. The van der Waals surface area contributed by atoms with Crippen molar-refractivity contribution in [2.45, 2.75) is 31.8 Å². The zero-order chi connectivity index (χ0) is 23.5. The quantitative estimate of drug-likeness (QED) is 0.498. The Kier molecular flexibility index (Phi) is 7.17. The molecule has 3 N–H and O–H groups in total. The first-order valence-corrected chi connectivity index (χ1v) is 11.6. The normalized spacial score (nSPS) is 15.7. The molecule has 9 nitrogen and oxygen atoms in total. The molecule has 2 aromatic carbocycles. The van der Waals surface area contributed by atoms with Crippen LogP contribution in [0.5, 0.6) is 0 Å². The van der Waals surface area contributed by atoms with Gasteiger partial charge in [-0.15, -0.1) is 0 Å². The highest BCUT2D eigenvalue weighted by atomic mass is 32.2. The zero-order valence-electron chi connectivity index (χ0n) is 18.3. The molecule has 1 saturated heterocycles. The van der Waals surface area contributed by atoms with Crippen LogP contribution in [0.25, 0.3) is 0 Å². The molecule has 0 saturated carbocycles. The summed E-state index contributed by atoms with van der Waals surface area (Å²) in [7, 11) is -3.73. The highest BCUT2D eigenvalue weighted by molar-refractivity contribution is 7.89. The van der Waals surface area contributed by atoms with E-state index in [0.29, 0.717) is 24.5 Å². The van der Waals surface area contributed by atoms with Gasteiger partial charge < -0.3 is 20.5 Å². The minimum absolute atomic E-state index is 0.106. The Morgan fingerprint density at radius 1 is 1.12 bits per heavy atom. The van der Waals surface area contributed by atoms with Gasteiger partial charge in [0.2, 0.25) is 10.0 Å². The maximum absolute atomic E-state index is 13.0. The van der Waals surface area contributed by atoms with Crippen LogP contribution in [0.2, 0.25) is 0 Å². The first kappa shape index (κ1) is 23.7. The number of nitrogens with one attached hydrogen (secondary N) is 1. The summed E-state index contributed by atoms with van der Waals surface area (Å²) in [4.78, 5) is 25.1. The lowest BCUT2D eigenvalue weighted by Crippen LogP contribution is -2.40. The Balaban J connectivity index is 1.73. The van der Waals surface area contributed by atoms with Crippen molar-refractivity contribution in [3.63, 3.8) is 0 Å². The standard InChI is InChI=1S/C22H27N3O6S/c1-14-7-8-17(13-19(14)32(28,29)25-9-11-30-12-10-25)24-21(26)16(3)31-22(27)18-6-4-5-15(2)20(18)23/h4-8,13,16H,9-12,23H2,1-3H3,(H,24,26). The number of benzene rings is 2. The molecule has 10 heteroatoms. The van der Waals surface area contributed by atoms with E-state index in [1.807, 2.05) is 0 Å². The van der Waals surface area contributed by atoms with Gasteiger partial charge in [0.25, 0.3) is 5.91 Å². The van der Waals surface area contributed by atoms with Gasteiger partial charge in [-0.05, 0) is 50.1 Å². The Morgan fingerprint density at radius 3 is 2.50 bits per heavy atom. The number of esters is 1. The SMILES string of the molecule is Cc1ccc(NC(=O)C(C)OC(=O)c2cccc(C)c2N)cc1S(=O)(=O)N1CCOCC1. The van der Waals surface area contributed by atoms with Crippen molar-refractivity contribution in [1.82, 2.24) is 4.31 Å². The van der Waals surface area contributed by atoms with Crippen molar-refractivity contribution in [2.75, 3.05) is 37.4 Å². The molecule has 0 bridgehead atoms. The summed E-state index contributed by atoms with van der Waals surface area (Å²) in [6.45, 7) is 6.10. The van der Waals surface area contributed by atoms with Crippen molar-refractivity contribution in [3.05, 3.63) is 53.1 Å². The van der Waals surface area contributed by atoms with Gasteiger partial charge in [0.05, 0.1) is 23.7 Å². The maximum Gasteiger partial charge on any atom is 0.341 e. The van der Waals surface area contributed by atoms with Gasteiger partial charge in [-0.2, -0.15) is 4.31 Å². The largest absolute Gasteiger partial charge is 0.449 e. The van der Waals surface area contributed by atoms with Crippen molar-refractivity contribution >= 4 is 33.3 Å². The molecular formula is C22H27N3O6S. The lowest BCUT2D eigenvalue weighted by molar-refractivity contribution is -0.123.